The van der Waals surface area contributed by atoms with E-state index < -0.39 is 0 Å². The molecule has 0 saturated heterocycles. The SMILES string of the molecule is CCSC1=CC(C(C)C)c2ccccc21. The van der Waals surface area contributed by atoms with Gasteiger partial charge in [-0.3, -0.25) is 0 Å². The molecule has 15 heavy (non-hydrogen) atoms. The minimum atomic E-state index is 0.621. The summed E-state index contributed by atoms with van der Waals surface area (Å²) in [5.41, 5.74) is 2.98. The summed E-state index contributed by atoms with van der Waals surface area (Å²) in [5.74, 6) is 2.47. The fourth-order valence-electron chi connectivity index (χ4n) is 2.19. The summed E-state index contributed by atoms with van der Waals surface area (Å²) in [6.45, 7) is 6.83. The van der Waals surface area contributed by atoms with Crippen LogP contribution in [0, 0.1) is 5.92 Å². The molecule has 0 heterocycles. The van der Waals surface area contributed by atoms with Gasteiger partial charge in [-0.1, -0.05) is 51.1 Å². The van der Waals surface area contributed by atoms with Gasteiger partial charge in [-0.2, -0.15) is 0 Å². The Bertz CT molecular complexity index is 377. The van der Waals surface area contributed by atoms with Gasteiger partial charge in [0.15, 0.2) is 0 Å². The lowest BCUT2D eigenvalue weighted by atomic mass is 9.90. The second-order valence-corrected chi connectivity index (χ2v) is 5.63. The number of rotatable bonds is 3. The molecule has 1 heteroatoms. The van der Waals surface area contributed by atoms with Crippen LogP contribution in [0.5, 0.6) is 0 Å². The van der Waals surface area contributed by atoms with E-state index in [1.54, 1.807) is 0 Å². The van der Waals surface area contributed by atoms with Crippen LogP contribution in [0.2, 0.25) is 0 Å². The Morgan fingerprint density at radius 1 is 1.27 bits per heavy atom. The standard InChI is InChI=1S/C14H18S/c1-4-15-14-9-13(10(2)3)11-7-5-6-8-12(11)14/h5-10,13H,4H2,1-3H3. The normalized spacial score (nSPS) is 19.2. The van der Waals surface area contributed by atoms with Crippen molar-refractivity contribution in [2.45, 2.75) is 26.7 Å². The Morgan fingerprint density at radius 3 is 2.67 bits per heavy atom. The van der Waals surface area contributed by atoms with E-state index in [4.69, 9.17) is 0 Å². The highest BCUT2D eigenvalue weighted by atomic mass is 32.2. The van der Waals surface area contributed by atoms with Crippen LogP contribution in [-0.2, 0) is 0 Å². The molecular weight excluding hydrogens is 200 g/mol. The Labute approximate surface area is 96.8 Å². The summed E-state index contributed by atoms with van der Waals surface area (Å²) in [5, 5.41) is 0. The zero-order valence-electron chi connectivity index (χ0n) is 9.66. The summed E-state index contributed by atoms with van der Waals surface area (Å²) < 4.78 is 0. The van der Waals surface area contributed by atoms with Gasteiger partial charge < -0.3 is 0 Å². The minimum Gasteiger partial charge on any atom is -0.126 e. The highest BCUT2D eigenvalue weighted by molar-refractivity contribution is 8.08. The predicted octanol–water partition coefficient (Wildman–Crippen LogP) is 4.53. The third-order valence-corrected chi connectivity index (χ3v) is 3.89. The summed E-state index contributed by atoms with van der Waals surface area (Å²) in [4.78, 5) is 1.48. The van der Waals surface area contributed by atoms with E-state index in [1.165, 1.54) is 16.0 Å². The molecule has 0 aliphatic heterocycles. The van der Waals surface area contributed by atoms with E-state index in [0.29, 0.717) is 11.8 Å². The Kier molecular flexibility index (Phi) is 3.20. The molecule has 0 saturated carbocycles. The van der Waals surface area contributed by atoms with Crippen molar-refractivity contribution in [1.82, 2.24) is 0 Å². The number of allylic oxidation sites excluding steroid dienone is 1. The highest BCUT2D eigenvalue weighted by Gasteiger charge is 2.24. The third kappa shape index (κ3) is 1.98. The molecule has 1 aliphatic rings. The smallest absolute Gasteiger partial charge is 0.0114 e. The van der Waals surface area contributed by atoms with Crippen LogP contribution >= 0.6 is 11.8 Å². The van der Waals surface area contributed by atoms with E-state index in [0.717, 1.165) is 5.75 Å². The number of thioether (sulfide) groups is 1. The van der Waals surface area contributed by atoms with Crippen molar-refractivity contribution < 1.29 is 0 Å². The first kappa shape index (κ1) is 10.8. The molecule has 80 valence electrons. The molecule has 1 aliphatic carbocycles. The van der Waals surface area contributed by atoms with Crippen molar-refractivity contribution in [3.05, 3.63) is 41.5 Å². The van der Waals surface area contributed by atoms with E-state index in [-0.39, 0.29) is 0 Å². The molecule has 1 atom stereocenters. The lowest BCUT2D eigenvalue weighted by Gasteiger charge is -2.13. The largest absolute Gasteiger partial charge is 0.126 e. The lowest BCUT2D eigenvalue weighted by Crippen LogP contribution is -2.00. The van der Waals surface area contributed by atoms with Crippen LogP contribution in [0.3, 0.4) is 0 Å². The number of fused-ring (bicyclic) bond motifs is 1. The zero-order valence-corrected chi connectivity index (χ0v) is 10.5. The molecular formula is C14H18S. The third-order valence-electron chi connectivity index (χ3n) is 2.93. The maximum absolute atomic E-state index is 2.45. The molecule has 1 unspecified atom stereocenters. The van der Waals surface area contributed by atoms with Crippen LogP contribution in [-0.4, -0.2) is 5.75 Å². The molecule has 0 N–H and O–H groups in total. The average molecular weight is 218 g/mol. The second-order valence-electron chi connectivity index (χ2n) is 4.32. The summed E-state index contributed by atoms with van der Waals surface area (Å²) in [7, 11) is 0. The van der Waals surface area contributed by atoms with Crippen molar-refractivity contribution in [2.75, 3.05) is 5.75 Å². The molecule has 0 fully saturated rings. The van der Waals surface area contributed by atoms with Crippen LogP contribution in [0.25, 0.3) is 4.91 Å². The molecule has 0 radical (unpaired) electrons. The van der Waals surface area contributed by atoms with Gasteiger partial charge in [0.2, 0.25) is 0 Å². The highest BCUT2D eigenvalue weighted by Crippen LogP contribution is 2.44. The Morgan fingerprint density at radius 2 is 2.00 bits per heavy atom. The van der Waals surface area contributed by atoms with Crippen LogP contribution in [0.1, 0.15) is 37.8 Å². The maximum Gasteiger partial charge on any atom is 0.0114 e. The van der Waals surface area contributed by atoms with Gasteiger partial charge in [-0.25, -0.2) is 0 Å². The average Bonchev–Trinajstić information content (AvgIpc) is 2.59. The van der Waals surface area contributed by atoms with E-state index in [1.807, 2.05) is 11.8 Å². The van der Waals surface area contributed by atoms with Gasteiger partial charge in [0.1, 0.15) is 0 Å². The van der Waals surface area contributed by atoms with E-state index >= 15 is 0 Å². The van der Waals surface area contributed by atoms with Crippen molar-refractivity contribution in [3.8, 4) is 0 Å². The summed E-state index contributed by atoms with van der Waals surface area (Å²) in [6.07, 6.45) is 2.45. The minimum absolute atomic E-state index is 0.621. The van der Waals surface area contributed by atoms with E-state index in [9.17, 15) is 0 Å². The Hall–Kier alpha value is -0.690. The molecule has 0 amide bonds. The number of hydrogen-bond donors (Lipinski definition) is 0. The topological polar surface area (TPSA) is 0 Å². The van der Waals surface area contributed by atoms with Crippen LogP contribution < -0.4 is 0 Å². The van der Waals surface area contributed by atoms with Crippen molar-refractivity contribution in [1.29, 1.82) is 0 Å². The molecule has 1 aromatic rings. The van der Waals surface area contributed by atoms with Crippen LogP contribution in [0.15, 0.2) is 30.3 Å². The summed E-state index contributed by atoms with van der Waals surface area (Å²) in [6, 6.07) is 8.83. The van der Waals surface area contributed by atoms with Gasteiger partial charge in [0, 0.05) is 10.8 Å². The number of hydrogen-bond acceptors (Lipinski definition) is 1. The van der Waals surface area contributed by atoms with Crippen LogP contribution in [0.4, 0.5) is 0 Å². The molecule has 1 aromatic carbocycles. The molecule has 0 aromatic heterocycles. The number of benzene rings is 1. The first-order valence-electron chi connectivity index (χ1n) is 5.68. The molecule has 0 bridgehead atoms. The van der Waals surface area contributed by atoms with E-state index in [2.05, 4.69) is 51.1 Å². The fraction of sp³-hybridized carbons (Fsp3) is 0.429. The second kappa shape index (κ2) is 4.44. The molecule has 0 spiro atoms. The monoisotopic (exact) mass is 218 g/mol. The Balaban J connectivity index is 2.40. The lowest BCUT2D eigenvalue weighted by molar-refractivity contribution is 0.584. The van der Waals surface area contributed by atoms with Crippen molar-refractivity contribution in [2.24, 2.45) is 5.92 Å². The zero-order chi connectivity index (χ0) is 10.8. The maximum atomic E-state index is 2.45. The van der Waals surface area contributed by atoms with Gasteiger partial charge in [-0.15, -0.1) is 11.8 Å². The quantitative estimate of drug-likeness (QED) is 0.718. The van der Waals surface area contributed by atoms with Gasteiger partial charge in [0.25, 0.3) is 0 Å². The first-order valence-corrected chi connectivity index (χ1v) is 6.66. The first-order chi connectivity index (χ1) is 7.24. The molecule has 2 rings (SSSR count). The predicted molar refractivity (Wildman–Crippen MR) is 70.1 cm³/mol. The fourth-order valence-corrected chi connectivity index (χ4v) is 3.08. The van der Waals surface area contributed by atoms with Crippen molar-refractivity contribution >= 4 is 16.7 Å². The van der Waals surface area contributed by atoms with Crippen molar-refractivity contribution in [3.63, 3.8) is 0 Å². The van der Waals surface area contributed by atoms with Gasteiger partial charge >= 0.3 is 0 Å². The molecule has 0 nitrogen and oxygen atoms in total. The summed E-state index contributed by atoms with van der Waals surface area (Å²) >= 11 is 1.96. The van der Waals surface area contributed by atoms with Gasteiger partial charge in [-0.05, 0) is 22.8 Å². The van der Waals surface area contributed by atoms with Gasteiger partial charge in [0.05, 0.1) is 0 Å².